The third kappa shape index (κ3) is 4.54. The number of rotatable bonds is 9. The van der Waals surface area contributed by atoms with Crippen molar-refractivity contribution in [1.29, 1.82) is 0 Å². The van der Waals surface area contributed by atoms with Crippen molar-refractivity contribution in [3.63, 3.8) is 0 Å². The Kier molecular flexibility index (Phi) is 6.88. The summed E-state index contributed by atoms with van der Waals surface area (Å²) in [5.41, 5.74) is 3.77. The summed E-state index contributed by atoms with van der Waals surface area (Å²) >= 11 is 0. The topological polar surface area (TPSA) is 56.1 Å². The molecular formula is C26H30FN3O2. The minimum absolute atomic E-state index is 0.314. The highest BCUT2D eigenvalue weighted by molar-refractivity contribution is 5.94. The van der Waals surface area contributed by atoms with Gasteiger partial charge in [-0.1, -0.05) is 63.3 Å². The molecule has 0 spiro atoms. The van der Waals surface area contributed by atoms with Gasteiger partial charge in [0.05, 0.1) is 29.3 Å². The normalized spacial score (nSPS) is 15.5. The molecule has 1 N–H and O–H groups in total. The van der Waals surface area contributed by atoms with E-state index in [-0.39, 0.29) is 11.8 Å². The second kappa shape index (κ2) is 9.98. The number of nitrogens with zero attached hydrogens (tertiary/aromatic N) is 2. The first kappa shape index (κ1) is 22.1. The molecule has 0 saturated heterocycles. The van der Waals surface area contributed by atoms with Crippen molar-refractivity contribution in [3.8, 4) is 0 Å². The molecule has 2 aromatic carbocycles. The smallest absolute Gasteiger partial charge is 0.338 e. The molecule has 0 bridgehead atoms. The SMILES string of the molecule is CCCCCCCCOC(=O)C1=C(C)Nc2nc3ccccc3n2C1c1ccc(F)cc1. The van der Waals surface area contributed by atoms with Gasteiger partial charge in [0.2, 0.25) is 5.95 Å². The number of ether oxygens (including phenoxy) is 1. The van der Waals surface area contributed by atoms with Gasteiger partial charge in [-0.15, -0.1) is 0 Å². The molecule has 0 saturated carbocycles. The summed E-state index contributed by atoms with van der Waals surface area (Å²) < 4.78 is 21.3. The quantitative estimate of drug-likeness (QED) is 0.313. The van der Waals surface area contributed by atoms with E-state index in [2.05, 4.69) is 12.2 Å². The van der Waals surface area contributed by atoms with Crippen molar-refractivity contribution in [3.05, 3.63) is 71.2 Å². The van der Waals surface area contributed by atoms with Crippen LogP contribution >= 0.6 is 0 Å². The standard InChI is InChI=1S/C26H30FN3O2/c1-3-4-5-6-7-10-17-32-25(31)23-18(2)28-26-29-21-11-8-9-12-22(21)30(26)24(23)19-13-15-20(27)16-14-19/h8-9,11-16,24H,3-7,10,17H2,1-2H3,(H,28,29). The Balaban J connectivity index is 1.61. The average Bonchev–Trinajstić information content (AvgIpc) is 3.16. The van der Waals surface area contributed by atoms with Crippen molar-refractivity contribution < 1.29 is 13.9 Å². The van der Waals surface area contributed by atoms with Gasteiger partial charge < -0.3 is 10.1 Å². The Morgan fingerprint density at radius 3 is 2.56 bits per heavy atom. The number of carbonyl (C=O) groups excluding carboxylic acids is 1. The van der Waals surface area contributed by atoms with Gasteiger partial charge in [0.1, 0.15) is 5.82 Å². The van der Waals surface area contributed by atoms with Crippen molar-refractivity contribution in [2.24, 2.45) is 0 Å². The van der Waals surface area contributed by atoms with E-state index >= 15 is 0 Å². The van der Waals surface area contributed by atoms with Crippen LogP contribution in [-0.2, 0) is 9.53 Å². The van der Waals surface area contributed by atoms with Crippen LogP contribution in [0.5, 0.6) is 0 Å². The Morgan fingerprint density at radius 2 is 1.78 bits per heavy atom. The number of allylic oxidation sites excluding steroid dienone is 1. The van der Waals surface area contributed by atoms with E-state index < -0.39 is 6.04 Å². The second-order valence-electron chi connectivity index (χ2n) is 8.32. The number of esters is 1. The van der Waals surface area contributed by atoms with E-state index in [4.69, 9.17) is 9.72 Å². The number of aromatic nitrogens is 2. The lowest BCUT2D eigenvalue weighted by atomic mass is 9.95. The van der Waals surface area contributed by atoms with E-state index in [1.54, 1.807) is 12.1 Å². The zero-order chi connectivity index (χ0) is 22.5. The minimum Gasteiger partial charge on any atom is -0.462 e. The van der Waals surface area contributed by atoms with Gasteiger partial charge in [-0.05, 0) is 43.2 Å². The van der Waals surface area contributed by atoms with Crippen LogP contribution in [-0.4, -0.2) is 22.1 Å². The molecule has 32 heavy (non-hydrogen) atoms. The Morgan fingerprint density at radius 1 is 1.06 bits per heavy atom. The number of fused-ring (bicyclic) bond motifs is 3. The van der Waals surface area contributed by atoms with E-state index in [1.807, 2.05) is 35.8 Å². The highest BCUT2D eigenvalue weighted by Gasteiger charge is 2.34. The summed E-state index contributed by atoms with van der Waals surface area (Å²) in [6.45, 7) is 4.46. The first-order valence-electron chi connectivity index (χ1n) is 11.5. The first-order valence-corrected chi connectivity index (χ1v) is 11.5. The summed E-state index contributed by atoms with van der Waals surface area (Å²) in [5, 5.41) is 3.27. The maximum absolute atomic E-state index is 13.7. The summed E-state index contributed by atoms with van der Waals surface area (Å²) in [4.78, 5) is 17.9. The van der Waals surface area contributed by atoms with Gasteiger partial charge in [-0.2, -0.15) is 0 Å². The van der Waals surface area contributed by atoms with Crippen LogP contribution in [0.4, 0.5) is 10.3 Å². The lowest BCUT2D eigenvalue weighted by Crippen LogP contribution is -2.29. The number of anilines is 1. The van der Waals surface area contributed by atoms with Crippen LogP contribution in [0.25, 0.3) is 11.0 Å². The van der Waals surface area contributed by atoms with Crippen LogP contribution in [0.15, 0.2) is 59.8 Å². The predicted octanol–water partition coefficient (Wildman–Crippen LogP) is 6.37. The lowest BCUT2D eigenvalue weighted by molar-refractivity contribution is -0.139. The second-order valence-corrected chi connectivity index (χ2v) is 8.32. The average molecular weight is 436 g/mol. The molecule has 0 aliphatic carbocycles. The Hall–Kier alpha value is -3.15. The lowest BCUT2D eigenvalue weighted by Gasteiger charge is -2.30. The van der Waals surface area contributed by atoms with E-state index in [1.165, 1.54) is 31.4 Å². The molecule has 0 radical (unpaired) electrons. The fraction of sp³-hybridized carbons (Fsp3) is 0.385. The Bertz CT molecular complexity index is 1120. The van der Waals surface area contributed by atoms with Gasteiger partial charge in [-0.3, -0.25) is 4.57 Å². The number of benzene rings is 2. The van der Waals surface area contributed by atoms with Gasteiger partial charge in [-0.25, -0.2) is 14.2 Å². The van der Waals surface area contributed by atoms with Crippen LogP contribution in [0.2, 0.25) is 0 Å². The largest absolute Gasteiger partial charge is 0.462 e. The molecule has 6 heteroatoms. The number of carbonyl (C=O) groups is 1. The number of hydrogen-bond donors (Lipinski definition) is 1. The molecule has 1 aliphatic rings. The number of halogens is 1. The summed E-state index contributed by atoms with van der Waals surface area (Å²) in [6, 6.07) is 13.6. The van der Waals surface area contributed by atoms with Gasteiger partial charge in [0.25, 0.3) is 0 Å². The molecule has 3 aromatic rings. The fourth-order valence-electron chi connectivity index (χ4n) is 4.31. The molecule has 1 unspecified atom stereocenters. The number of nitrogens with one attached hydrogen (secondary N) is 1. The van der Waals surface area contributed by atoms with Crippen LogP contribution in [0, 0.1) is 5.82 Å². The molecule has 5 nitrogen and oxygen atoms in total. The third-order valence-electron chi connectivity index (χ3n) is 5.97. The van der Waals surface area contributed by atoms with Gasteiger partial charge in [0, 0.05) is 5.70 Å². The highest BCUT2D eigenvalue weighted by atomic mass is 19.1. The van der Waals surface area contributed by atoms with E-state index in [9.17, 15) is 9.18 Å². The molecule has 168 valence electrons. The minimum atomic E-state index is -0.448. The maximum Gasteiger partial charge on any atom is 0.338 e. The van der Waals surface area contributed by atoms with Crippen LogP contribution in [0.3, 0.4) is 0 Å². The number of hydrogen-bond acceptors (Lipinski definition) is 4. The predicted molar refractivity (Wildman–Crippen MR) is 125 cm³/mol. The molecule has 4 rings (SSSR count). The molecule has 1 aliphatic heterocycles. The number of para-hydroxylation sites is 2. The Labute approximate surface area is 188 Å². The molecule has 0 fully saturated rings. The molecule has 1 atom stereocenters. The maximum atomic E-state index is 13.7. The summed E-state index contributed by atoms with van der Waals surface area (Å²) in [6.07, 6.45) is 6.76. The zero-order valence-electron chi connectivity index (χ0n) is 18.7. The third-order valence-corrected chi connectivity index (χ3v) is 5.97. The first-order chi connectivity index (χ1) is 15.6. The fourth-order valence-corrected chi connectivity index (χ4v) is 4.31. The summed E-state index contributed by atoms with van der Waals surface area (Å²) in [7, 11) is 0. The number of unbranched alkanes of at least 4 members (excludes halogenated alkanes) is 5. The molecule has 2 heterocycles. The van der Waals surface area contributed by atoms with Gasteiger partial charge >= 0.3 is 5.97 Å². The van der Waals surface area contributed by atoms with E-state index in [0.717, 1.165) is 35.9 Å². The van der Waals surface area contributed by atoms with Crippen molar-refractivity contribution in [2.45, 2.75) is 58.4 Å². The molecule has 0 amide bonds. The van der Waals surface area contributed by atoms with Gasteiger partial charge in [0.15, 0.2) is 0 Å². The molecule has 1 aromatic heterocycles. The van der Waals surface area contributed by atoms with Crippen molar-refractivity contribution in [1.82, 2.24) is 9.55 Å². The van der Waals surface area contributed by atoms with Crippen LogP contribution in [0.1, 0.15) is 64.0 Å². The van der Waals surface area contributed by atoms with E-state index in [0.29, 0.717) is 23.8 Å². The molecular weight excluding hydrogens is 405 g/mol. The highest BCUT2D eigenvalue weighted by Crippen LogP contribution is 2.39. The van der Waals surface area contributed by atoms with Crippen molar-refractivity contribution in [2.75, 3.05) is 11.9 Å². The van der Waals surface area contributed by atoms with Crippen LogP contribution < -0.4 is 5.32 Å². The van der Waals surface area contributed by atoms with Crippen molar-refractivity contribution >= 4 is 23.0 Å². The zero-order valence-corrected chi connectivity index (χ0v) is 18.7. The summed E-state index contributed by atoms with van der Waals surface area (Å²) in [5.74, 6) is -0.00175. The monoisotopic (exact) mass is 435 g/mol. The number of imidazole rings is 1.